The SMILES string of the molecule is CCNC(=NCc1nc(C)c(C)s1)NCCCN1CCN(Cc2ccccc2)CC1.I. The minimum absolute atomic E-state index is 0. The van der Waals surface area contributed by atoms with Crippen LogP contribution >= 0.6 is 35.3 Å². The molecule has 2 N–H and O–H groups in total. The molecule has 172 valence electrons. The molecule has 0 spiro atoms. The van der Waals surface area contributed by atoms with Gasteiger partial charge < -0.3 is 15.5 Å². The highest BCUT2D eigenvalue weighted by atomic mass is 127. The third kappa shape index (κ3) is 9.03. The molecule has 6 nitrogen and oxygen atoms in total. The minimum Gasteiger partial charge on any atom is -0.357 e. The molecular formula is C23H37IN6S. The number of piperazine rings is 1. The second kappa shape index (κ2) is 14.0. The summed E-state index contributed by atoms with van der Waals surface area (Å²) in [6.45, 7) is 15.5. The van der Waals surface area contributed by atoms with E-state index in [2.05, 4.69) is 76.5 Å². The highest BCUT2D eigenvalue weighted by molar-refractivity contribution is 14.0. The summed E-state index contributed by atoms with van der Waals surface area (Å²) in [7, 11) is 0. The maximum absolute atomic E-state index is 4.69. The Balaban J connectivity index is 0.00000341. The summed E-state index contributed by atoms with van der Waals surface area (Å²) in [4.78, 5) is 15.7. The van der Waals surface area contributed by atoms with Gasteiger partial charge in [-0.25, -0.2) is 9.98 Å². The zero-order chi connectivity index (χ0) is 21.2. The number of hydrogen-bond donors (Lipinski definition) is 2. The van der Waals surface area contributed by atoms with Gasteiger partial charge in [-0.2, -0.15) is 0 Å². The van der Waals surface area contributed by atoms with E-state index in [-0.39, 0.29) is 24.0 Å². The molecule has 2 aromatic rings. The van der Waals surface area contributed by atoms with E-state index in [1.54, 1.807) is 11.3 Å². The van der Waals surface area contributed by atoms with Gasteiger partial charge in [-0.05, 0) is 39.3 Å². The number of rotatable bonds is 9. The van der Waals surface area contributed by atoms with Gasteiger partial charge in [0.1, 0.15) is 5.01 Å². The van der Waals surface area contributed by atoms with Crippen LogP contribution in [-0.2, 0) is 13.1 Å². The largest absolute Gasteiger partial charge is 0.357 e. The molecule has 1 fully saturated rings. The summed E-state index contributed by atoms with van der Waals surface area (Å²) in [6, 6.07) is 10.8. The number of aryl methyl sites for hydroxylation is 2. The Morgan fingerprint density at radius 1 is 1.06 bits per heavy atom. The van der Waals surface area contributed by atoms with Crippen molar-refractivity contribution in [3.63, 3.8) is 0 Å². The topological polar surface area (TPSA) is 55.8 Å². The lowest BCUT2D eigenvalue weighted by molar-refractivity contribution is 0.126. The van der Waals surface area contributed by atoms with Crippen LogP contribution in [0.15, 0.2) is 35.3 Å². The molecule has 0 amide bonds. The number of thiazole rings is 1. The number of aliphatic imine (C=N–C) groups is 1. The third-order valence-corrected chi connectivity index (χ3v) is 6.50. The molecule has 1 aromatic carbocycles. The van der Waals surface area contributed by atoms with Crippen molar-refractivity contribution in [2.75, 3.05) is 45.8 Å². The third-order valence-electron chi connectivity index (χ3n) is 5.45. The molecule has 8 heteroatoms. The van der Waals surface area contributed by atoms with E-state index in [0.29, 0.717) is 6.54 Å². The van der Waals surface area contributed by atoms with Crippen molar-refractivity contribution >= 4 is 41.3 Å². The van der Waals surface area contributed by atoms with Crippen LogP contribution < -0.4 is 10.6 Å². The summed E-state index contributed by atoms with van der Waals surface area (Å²) >= 11 is 1.74. The van der Waals surface area contributed by atoms with E-state index in [0.717, 1.165) is 75.4 Å². The van der Waals surface area contributed by atoms with Crippen molar-refractivity contribution in [3.8, 4) is 0 Å². The van der Waals surface area contributed by atoms with Gasteiger partial charge in [0, 0.05) is 50.7 Å². The Hall–Kier alpha value is -1.23. The van der Waals surface area contributed by atoms with Gasteiger partial charge in [-0.3, -0.25) is 4.90 Å². The minimum atomic E-state index is 0. The maximum Gasteiger partial charge on any atom is 0.191 e. The van der Waals surface area contributed by atoms with Crippen LogP contribution in [0.4, 0.5) is 0 Å². The van der Waals surface area contributed by atoms with E-state index < -0.39 is 0 Å². The van der Waals surface area contributed by atoms with Crippen LogP contribution in [0.3, 0.4) is 0 Å². The number of nitrogens with one attached hydrogen (secondary N) is 2. The number of nitrogens with zero attached hydrogens (tertiary/aromatic N) is 4. The fourth-order valence-electron chi connectivity index (χ4n) is 3.62. The summed E-state index contributed by atoms with van der Waals surface area (Å²) in [5.74, 6) is 0.885. The number of hydrogen-bond acceptors (Lipinski definition) is 5. The molecule has 1 aliphatic heterocycles. The molecule has 0 unspecified atom stereocenters. The monoisotopic (exact) mass is 556 g/mol. The first-order valence-corrected chi connectivity index (χ1v) is 11.9. The van der Waals surface area contributed by atoms with Gasteiger partial charge in [0.05, 0.1) is 12.2 Å². The lowest BCUT2D eigenvalue weighted by Gasteiger charge is -2.34. The second-order valence-electron chi connectivity index (χ2n) is 7.83. The lowest BCUT2D eigenvalue weighted by atomic mass is 10.2. The quantitative estimate of drug-likeness (QED) is 0.214. The zero-order valence-corrected chi connectivity index (χ0v) is 22.2. The first kappa shape index (κ1) is 26.0. The predicted molar refractivity (Wildman–Crippen MR) is 143 cm³/mol. The molecule has 1 saturated heterocycles. The van der Waals surface area contributed by atoms with E-state index in [9.17, 15) is 0 Å². The molecule has 31 heavy (non-hydrogen) atoms. The Morgan fingerprint density at radius 3 is 2.42 bits per heavy atom. The van der Waals surface area contributed by atoms with Crippen molar-refractivity contribution in [2.24, 2.45) is 4.99 Å². The molecular weight excluding hydrogens is 519 g/mol. The average molecular weight is 557 g/mol. The molecule has 3 rings (SSSR count). The summed E-state index contributed by atoms with van der Waals surface area (Å²) in [5, 5.41) is 7.89. The van der Waals surface area contributed by atoms with Crippen molar-refractivity contribution in [3.05, 3.63) is 51.5 Å². The Labute approximate surface area is 208 Å². The number of guanidine groups is 1. The number of aromatic nitrogens is 1. The highest BCUT2D eigenvalue weighted by Crippen LogP contribution is 2.16. The Bertz CT molecular complexity index is 767. The van der Waals surface area contributed by atoms with Crippen molar-refractivity contribution in [1.82, 2.24) is 25.4 Å². The highest BCUT2D eigenvalue weighted by Gasteiger charge is 2.16. The van der Waals surface area contributed by atoms with Gasteiger partial charge >= 0.3 is 0 Å². The van der Waals surface area contributed by atoms with Crippen LogP contribution in [0.5, 0.6) is 0 Å². The number of halogens is 1. The standard InChI is InChI=1S/C23H36N6S.HI/c1-4-24-23(26-17-22-27-19(2)20(3)30-22)25-11-8-12-28-13-15-29(16-14-28)18-21-9-6-5-7-10-21;/h5-7,9-10H,4,8,11-18H2,1-3H3,(H2,24,25,26);1H. The van der Waals surface area contributed by atoms with Crippen LogP contribution in [0, 0.1) is 13.8 Å². The zero-order valence-electron chi connectivity index (χ0n) is 19.1. The summed E-state index contributed by atoms with van der Waals surface area (Å²) in [6.07, 6.45) is 1.12. The fraction of sp³-hybridized carbons (Fsp3) is 0.565. The van der Waals surface area contributed by atoms with Gasteiger partial charge in [0.15, 0.2) is 5.96 Å². The van der Waals surface area contributed by atoms with E-state index in [1.807, 2.05) is 0 Å². The maximum atomic E-state index is 4.69. The van der Waals surface area contributed by atoms with Crippen molar-refractivity contribution in [2.45, 2.75) is 40.3 Å². The first-order valence-electron chi connectivity index (χ1n) is 11.1. The van der Waals surface area contributed by atoms with Crippen molar-refractivity contribution < 1.29 is 0 Å². The molecule has 0 saturated carbocycles. The fourth-order valence-corrected chi connectivity index (χ4v) is 4.48. The van der Waals surface area contributed by atoms with E-state index in [4.69, 9.17) is 4.99 Å². The van der Waals surface area contributed by atoms with Gasteiger partial charge in [0.25, 0.3) is 0 Å². The molecule has 0 aliphatic carbocycles. The lowest BCUT2D eigenvalue weighted by Crippen LogP contribution is -2.46. The molecule has 1 aromatic heterocycles. The van der Waals surface area contributed by atoms with Crippen molar-refractivity contribution in [1.29, 1.82) is 0 Å². The average Bonchev–Trinajstić information content (AvgIpc) is 3.08. The van der Waals surface area contributed by atoms with Crippen LogP contribution in [0.2, 0.25) is 0 Å². The predicted octanol–water partition coefficient (Wildman–Crippen LogP) is 3.64. The smallest absolute Gasteiger partial charge is 0.191 e. The number of benzene rings is 1. The summed E-state index contributed by atoms with van der Waals surface area (Å²) in [5.41, 5.74) is 2.53. The van der Waals surface area contributed by atoms with Crippen LogP contribution in [0.25, 0.3) is 0 Å². The Morgan fingerprint density at radius 2 is 1.77 bits per heavy atom. The first-order chi connectivity index (χ1) is 14.6. The van der Waals surface area contributed by atoms with Crippen LogP contribution in [-0.4, -0.2) is 66.6 Å². The van der Waals surface area contributed by atoms with E-state index in [1.165, 1.54) is 10.4 Å². The molecule has 0 atom stereocenters. The van der Waals surface area contributed by atoms with Gasteiger partial charge in [-0.1, -0.05) is 30.3 Å². The summed E-state index contributed by atoms with van der Waals surface area (Å²) < 4.78 is 0. The second-order valence-corrected chi connectivity index (χ2v) is 9.12. The molecule has 0 bridgehead atoms. The normalized spacial score (nSPS) is 15.5. The Kier molecular flexibility index (Phi) is 11.8. The van der Waals surface area contributed by atoms with Gasteiger partial charge in [0.2, 0.25) is 0 Å². The van der Waals surface area contributed by atoms with Gasteiger partial charge in [-0.15, -0.1) is 35.3 Å². The molecule has 1 aliphatic rings. The molecule has 2 heterocycles. The van der Waals surface area contributed by atoms with Crippen LogP contribution in [0.1, 0.15) is 34.5 Å². The van der Waals surface area contributed by atoms with E-state index >= 15 is 0 Å². The molecule has 0 radical (unpaired) electrons.